The summed E-state index contributed by atoms with van der Waals surface area (Å²) in [6.07, 6.45) is 26.2. The summed E-state index contributed by atoms with van der Waals surface area (Å²) in [5.41, 5.74) is 1.59. The van der Waals surface area contributed by atoms with Crippen molar-refractivity contribution in [2.45, 2.75) is 166 Å². The zero-order valence-electron chi connectivity index (χ0n) is 30.1. The number of aliphatic hydroxyl groups is 1. The molecule has 0 amide bonds. The average Bonchev–Trinajstić information content (AvgIpc) is 3.59. The molecule has 0 spiro atoms. The number of hydrogen-bond acceptors (Lipinski definition) is 6. The molecule has 2 saturated carbocycles. The van der Waals surface area contributed by atoms with Gasteiger partial charge < -0.3 is 28.5 Å². The monoisotopic (exact) mass is 660 g/mol. The zero-order chi connectivity index (χ0) is 32.6. The minimum Gasteiger partial charge on any atom is -0.416 e. The van der Waals surface area contributed by atoms with Crippen LogP contribution in [0.25, 0.3) is 0 Å². The second-order valence-corrected chi connectivity index (χ2v) is 21.5. The van der Waals surface area contributed by atoms with Gasteiger partial charge in [-0.3, -0.25) is 0 Å². The largest absolute Gasteiger partial charge is 0.416 e. The first-order valence-corrected chi connectivity index (χ1v) is 22.2. The molecule has 7 heteroatoms. The summed E-state index contributed by atoms with van der Waals surface area (Å²) in [5, 5.41) is 9.75. The normalized spacial score (nSPS) is 32.9. The van der Waals surface area contributed by atoms with E-state index >= 15 is 0 Å². The molecule has 4 fully saturated rings. The van der Waals surface area contributed by atoms with Crippen LogP contribution in [0.5, 0.6) is 0 Å². The van der Waals surface area contributed by atoms with Crippen LogP contribution in [-0.4, -0.2) is 64.6 Å². The smallest absolute Gasteiger partial charge is 0.192 e. The second kappa shape index (κ2) is 17.4. The van der Waals surface area contributed by atoms with Crippen molar-refractivity contribution in [3.8, 4) is 0 Å². The molecule has 5 aliphatic rings. The summed E-state index contributed by atoms with van der Waals surface area (Å²) in [6.45, 7) is 14.4. The van der Waals surface area contributed by atoms with Crippen molar-refractivity contribution in [2.24, 2.45) is 29.6 Å². The van der Waals surface area contributed by atoms with E-state index in [1.54, 1.807) is 5.57 Å². The van der Waals surface area contributed by atoms with Crippen LogP contribution in [0.1, 0.15) is 124 Å². The molecule has 0 aromatic heterocycles. The van der Waals surface area contributed by atoms with Gasteiger partial charge in [0.15, 0.2) is 20.9 Å². The fourth-order valence-corrected chi connectivity index (χ4v) is 9.44. The molecule has 0 radical (unpaired) electrons. The summed E-state index contributed by atoms with van der Waals surface area (Å²) in [4.78, 5) is 0. The lowest BCUT2D eigenvalue weighted by Crippen LogP contribution is -2.42. The Labute approximate surface area is 282 Å². The summed E-state index contributed by atoms with van der Waals surface area (Å²) in [6, 6.07) is 0. The Balaban J connectivity index is 1.35. The van der Waals surface area contributed by atoms with E-state index in [1.807, 2.05) is 0 Å². The minimum atomic E-state index is -1.85. The molecule has 0 bridgehead atoms. The molecule has 46 heavy (non-hydrogen) atoms. The highest BCUT2D eigenvalue weighted by Crippen LogP contribution is 2.51. The van der Waals surface area contributed by atoms with Crippen LogP contribution in [0.3, 0.4) is 0 Å². The Kier molecular flexibility index (Phi) is 13.9. The standard InChI is InChI=1S/C39H68O6Si/c1-39(2,3)46(4,5)43-28-30(17-9-12-22-40)31-25-32-27-36(45-38-19-11-14-24-42-38)33(34(32)26-31)20-21-35(29-15-7-6-8-16-29)44-37-18-10-13-23-41-37/h20-21,26,29-30,32-38,40H,6-19,22-25,27-28H2,1-5H3. The maximum Gasteiger partial charge on any atom is 0.192 e. The highest BCUT2D eigenvalue weighted by Gasteiger charge is 2.47. The van der Waals surface area contributed by atoms with Gasteiger partial charge in [0.1, 0.15) is 0 Å². The van der Waals surface area contributed by atoms with Crippen molar-refractivity contribution in [1.82, 2.24) is 0 Å². The number of aliphatic hydroxyl groups excluding tert-OH is 1. The lowest BCUT2D eigenvalue weighted by atomic mass is 9.84. The molecule has 3 aliphatic carbocycles. The van der Waals surface area contributed by atoms with Gasteiger partial charge in [-0.05, 0) is 113 Å². The van der Waals surface area contributed by atoms with Crippen molar-refractivity contribution < 1.29 is 28.5 Å². The molecule has 6 nitrogen and oxygen atoms in total. The molecule has 2 aliphatic heterocycles. The van der Waals surface area contributed by atoms with E-state index in [-0.39, 0.29) is 36.4 Å². The first-order chi connectivity index (χ1) is 22.1. The average molecular weight is 661 g/mol. The van der Waals surface area contributed by atoms with E-state index in [2.05, 4.69) is 52.1 Å². The van der Waals surface area contributed by atoms with Gasteiger partial charge in [0.05, 0.1) is 12.2 Å². The van der Waals surface area contributed by atoms with Crippen LogP contribution in [0, 0.1) is 29.6 Å². The van der Waals surface area contributed by atoms with E-state index in [0.717, 1.165) is 77.6 Å². The van der Waals surface area contributed by atoms with Gasteiger partial charge in [-0.25, -0.2) is 0 Å². The van der Waals surface area contributed by atoms with E-state index < -0.39 is 8.32 Å². The SMILES string of the molecule is CC(C)(C)[Si](C)(C)OCC(CCCCO)C1=CC2C(C1)CC(OC1CCCCO1)C2C=CC(OC1CCCCO1)C1CCCCC1. The molecular formula is C39H68O6Si. The van der Waals surface area contributed by atoms with Crippen molar-refractivity contribution in [2.75, 3.05) is 26.4 Å². The minimum absolute atomic E-state index is 0.0668. The molecule has 264 valence electrons. The maximum absolute atomic E-state index is 9.55. The van der Waals surface area contributed by atoms with Gasteiger partial charge in [0.2, 0.25) is 0 Å². The summed E-state index contributed by atoms with van der Waals surface area (Å²) >= 11 is 0. The molecule has 0 aromatic carbocycles. The third-order valence-electron chi connectivity index (χ3n) is 12.3. The Morgan fingerprint density at radius 3 is 2.28 bits per heavy atom. The molecular weight excluding hydrogens is 593 g/mol. The lowest BCUT2D eigenvalue weighted by Gasteiger charge is -2.37. The van der Waals surface area contributed by atoms with Crippen molar-refractivity contribution in [1.29, 1.82) is 0 Å². The fraction of sp³-hybridized carbons (Fsp3) is 0.897. The van der Waals surface area contributed by atoms with Crippen LogP contribution in [-0.2, 0) is 23.4 Å². The van der Waals surface area contributed by atoms with Gasteiger partial charge in [-0.2, -0.15) is 0 Å². The van der Waals surface area contributed by atoms with E-state index in [9.17, 15) is 5.11 Å². The molecule has 8 unspecified atom stereocenters. The quantitative estimate of drug-likeness (QED) is 0.107. The number of allylic oxidation sites excluding steroid dienone is 1. The van der Waals surface area contributed by atoms with Gasteiger partial charge in [-0.15, -0.1) is 0 Å². The van der Waals surface area contributed by atoms with E-state index in [0.29, 0.717) is 29.6 Å². The third-order valence-corrected chi connectivity index (χ3v) is 16.8. The maximum atomic E-state index is 9.55. The molecule has 1 N–H and O–H groups in total. The Morgan fingerprint density at radius 1 is 0.935 bits per heavy atom. The highest BCUT2D eigenvalue weighted by molar-refractivity contribution is 6.74. The van der Waals surface area contributed by atoms with Crippen molar-refractivity contribution >= 4 is 8.32 Å². The first kappa shape index (κ1) is 36.7. The Bertz CT molecular complexity index is 956. The Hall–Kier alpha value is -0.543. The number of unbranched alkanes of at least 4 members (excludes halogenated alkanes) is 1. The molecule has 8 atom stereocenters. The van der Waals surface area contributed by atoms with Crippen molar-refractivity contribution in [3.63, 3.8) is 0 Å². The van der Waals surface area contributed by atoms with Crippen LogP contribution in [0.4, 0.5) is 0 Å². The van der Waals surface area contributed by atoms with E-state index in [4.69, 9.17) is 23.4 Å². The predicted octanol–water partition coefficient (Wildman–Crippen LogP) is 9.33. The van der Waals surface area contributed by atoms with Crippen LogP contribution in [0.2, 0.25) is 18.1 Å². The fourth-order valence-electron chi connectivity index (χ4n) is 8.39. The number of hydrogen-bond donors (Lipinski definition) is 1. The Morgan fingerprint density at radius 2 is 1.63 bits per heavy atom. The van der Waals surface area contributed by atoms with E-state index in [1.165, 1.54) is 44.9 Å². The third kappa shape index (κ3) is 10.0. The van der Waals surface area contributed by atoms with Crippen molar-refractivity contribution in [3.05, 3.63) is 23.8 Å². The number of ether oxygens (including phenoxy) is 4. The van der Waals surface area contributed by atoms with Crippen LogP contribution < -0.4 is 0 Å². The first-order valence-electron chi connectivity index (χ1n) is 19.3. The summed E-state index contributed by atoms with van der Waals surface area (Å²) in [7, 11) is -1.85. The molecule has 0 aromatic rings. The van der Waals surface area contributed by atoms with Gasteiger partial charge in [0.25, 0.3) is 0 Å². The molecule has 2 saturated heterocycles. The van der Waals surface area contributed by atoms with Crippen LogP contribution in [0.15, 0.2) is 23.8 Å². The van der Waals surface area contributed by atoms with Gasteiger partial charge >= 0.3 is 0 Å². The predicted molar refractivity (Wildman–Crippen MR) is 188 cm³/mol. The summed E-state index contributed by atoms with van der Waals surface area (Å²) < 4.78 is 32.6. The number of rotatable bonds is 15. The summed E-state index contributed by atoms with van der Waals surface area (Å²) in [5.74, 6) is 2.41. The second-order valence-electron chi connectivity index (χ2n) is 16.7. The van der Waals surface area contributed by atoms with Gasteiger partial charge in [0, 0.05) is 38.3 Å². The molecule has 2 heterocycles. The number of fused-ring (bicyclic) bond motifs is 1. The van der Waals surface area contributed by atoms with Crippen LogP contribution >= 0.6 is 0 Å². The van der Waals surface area contributed by atoms with Gasteiger partial charge in [-0.1, -0.05) is 70.3 Å². The zero-order valence-corrected chi connectivity index (χ0v) is 31.1. The highest BCUT2D eigenvalue weighted by atomic mass is 28.4. The topological polar surface area (TPSA) is 66.4 Å². The molecule has 5 rings (SSSR count). The lowest BCUT2D eigenvalue weighted by molar-refractivity contribution is -0.193.